The highest BCUT2D eigenvalue weighted by atomic mass is 35.5. The summed E-state index contributed by atoms with van der Waals surface area (Å²) in [6, 6.07) is 15.9. The zero-order valence-electron chi connectivity index (χ0n) is 27.1. The largest absolute Gasteiger partial charge is 0.395 e. The Hall–Kier alpha value is -4.29. The highest BCUT2D eigenvalue weighted by Crippen LogP contribution is 2.29. The standard InChI is InChI=1S/C35H41Cl2N7O4/c1-3-44-34(47)31(40-35(48)41-32-28(36)22-38-23-29(32)37)21-30(42-44)27-11-9-10-26(20-27)24-12-14-25(15-13-24)33(46)39-16-7-5-4-6-8-17-43(2)18-19-45/h9-15,20-23,45H,3-8,16-19H2,1-2H3,(H,39,46)(H2,38,40,41,48). The van der Waals surface area contributed by atoms with Crippen LogP contribution in [0.1, 0.15) is 49.4 Å². The van der Waals surface area contributed by atoms with E-state index in [2.05, 4.69) is 30.9 Å². The molecule has 0 aliphatic carbocycles. The second-order valence-corrected chi connectivity index (χ2v) is 12.1. The number of unbranched alkanes of at least 4 members (excludes halogenated alkanes) is 4. The lowest BCUT2D eigenvalue weighted by molar-refractivity contribution is 0.0953. The molecule has 2 aromatic heterocycles. The fraction of sp³-hybridized carbons (Fsp3) is 0.343. The highest BCUT2D eigenvalue weighted by molar-refractivity contribution is 6.39. The molecule has 0 spiro atoms. The molecule has 4 N–H and O–H groups in total. The van der Waals surface area contributed by atoms with E-state index in [4.69, 9.17) is 28.3 Å². The first kappa shape index (κ1) is 36.5. The van der Waals surface area contributed by atoms with Gasteiger partial charge in [0.05, 0.1) is 28.0 Å². The van der Waals surface area contributed by atoms with Crippen LogP contribution in [0.3, 0.4) is 0 Å². The molecule has 2 heterocycles. The lowest BCUT2D eigenvalue weighted by Gasteiger charge is -2.14. The lowest BCUT2D eigenvalue weighted by atomic mass is 10.0. The molecule has 0 fully saturated rings. The summed E-state index contributed by atoms with van der Waals surface area (Å²) in [7, 11) is 2.02. The zero-order valence-corrected chi connectivity index (χ0v) is 28.7. The van der Waals surface area contributed by atoms with E-state index in [0.717, 1.165) is 55.3 Å². The number of likely N-dealkylation sites (N-methyl/N-ethyl adjacent to an activating group) is 1. The number of carbonyl (C=O) groups is 2. The first-order valence-corrected chi connectivity index (χ1v) is 16.7. The van der Waals surface area contributed by atoms with Crippen molar-refractivity contribution in [1.82, 2.24) is 25.0 Å². The Bertz CT molecular complexity index is 1730. The van der Waals surface area contributed by atoms with Gasteiger partial charge in [-0.1, -0.05) is 72.8 Å². The van der Waals surface area contributed by atoms with Crippen LogP contribution in [0, 0.1) is 0 Å². The van der Waals surface area contributed by atoms with Gasteiger partial charge in [-0.15, -0.1) is 0 Å². The van der Waals surface area contributed by atoms with Crippen molar-refractivity contribution in [2.24, 2.45) is 0 Å². The van der Waals surface area contributed by atoms with Gasteiger partial charge < -0.3 is 26.0 Å². The van der Waals surface area contributed by atoms with Gasteiger partial charge in [0.15, 0.2) is 0 Å². The number of pyridine rings is 1. The monoisotopic (exact) mass is 693 g/mol. The van der Waals surface area contributed by atoms with Crippen LogP contribution in [0.2, 0.25) is 10.0 Å². The second kappa shape index (κ2) is 18.3. The summed E-state index contributed by atoms with van der Waals surface area (Å²) in [5.74, 6) is -0.107. The van der Waals surface area contributed by atoms with E-state index in [1.54, 1.807) is 19.1 Å². The molecule has 0 radical (unpaired) electrons. The molecular weight excluding hydrogens is 653 g/mol. The molecule has 0 aliphatic rings. The number of aliphatic hydroxyl groups is 1. The normalized spacial score (nSPS) is 11.0. The molecule has 4 rings (SSSR count). The Morgan fingerprint density at radius 3 is 2.27 bits per heavy atom. The number of hydrogen-bond acceptors (Lipinski definition) is 7. The van der Waals surface area contributed by atoms with E-state index in [-0.39, 0.29) is 40.5 Å². The number of rotatable bonds is 16. The number of halogens is 2. The fourth-order valence-electron chi connectivity index (χ4n) is 5.08. The summed E-state index contributed by atoms with van der Waals surface area (Å²) in [5, 5.41) is 21.9. The van der Waals surface area contributed by atoms with Crippen molar-refractivity contribution in [3.8, 4) is 22.4 Å². The first-order chi connectivity index (χ1) is 23.2. The Morgan fingerprint density at radius 1 is 0.875 bits per heavy atom. The van der Waals surface area contributed by atoms with Crippen LogP contribution in [0.4, 0.5) is 16.2 Å². The predicted molar refractivity (Wildman–Crippen MR) is 192 cm³/mol. The summed E-state index contributed by atoms with van der Waals surface area (Å²) in [6.45, 7) is 4.59. The van der Waals surface area contributed by atoms with Crippen LogP contribution < -0.4 is 21.5 Å². The van der Waals surface area contributed by atoms with E-state index in [0.29, 0.717) is 24.3 Å². The molecule has 2 aromatic carbocycles. The maximum atomic E-state index is 13.0. The quantitative estimate of drug-likeness (QED) is 0.0976. The van der Waals surface area contributed by atoms with Crippen LogP contribution in [0.25, 0.3) is 22.4 Å². The number of aliphatic hydroxyl groups excluding tert-OH is 1. The molecule has 13 heteroatoms. The van der Waals surface area contributed by atoms with Crippen LogP contribution in [0.15, 0.2) is 71.8 Å². The number of benzene rings is 2. The van der Waals surface area contributed by atoms with E-state index in [1.807, 2.05) is 43.4 Å². The Balaban J connectivity index is 1.37. The molecule has 4 aromatic rings. The second-order valence-electron chi connectivity index (χ2n) is 11.3. The number of carbonyl (C=O) groups excluding carboxylic acids is 2. The molecule has 0 saturated carbocycles. The number of nitrogens with zero attached hydrogens (tertiary/aromatic N) is 4. The number of hydrogen-bond donors (Lipinski definition) is 4. The Labute approximate surface area is 290 Å². The summed E-state index contributed by atoms with van der Waals surface area (Å²) in [6.07, 6.45) is 8.05. The Morgan fingerprint density at radius 2 is 1.56 bits per heavy atom. The topological polar surface area (TPSA) is 141 Å². The molecule has 48 heavy (non-hydrogen) atoms. The number of anilines is 2. The van der Waals surface area contributed by atoms with Crippen molar-refractivity contribution < 1.29 is 14.7 Å². The number of amides is 3. The van der Waals surface area contributed by atoms with Crippen molar-refractivity contribution in [2.75, 3.05) is 43.9 Å². The van der Waals surface area contributed by atoms with Gasteiger partial charge in [0.1, 0.15) is 5.69 Å². The first-order valence-electron chi connectivity index (χ1n) is 16.0. The zero-order chi connectivity index (χ0) is 34.5. The van der Waals surface area contributed by atoms with Gasteiger partial charge in [0, 0.05) is 43.2 Å². The minimum atomic E-state index is -0.700. The SMILES string of the molecule is CCn1nc(-c2cccc(-c3ccc(C(=O)NCCCCCCCN(C)CCO)cc3)c2)cc(NC(=O)Nc2c(Cl)cncc2Cl)c1=O. The lowest BCUT2D eigenvalue weighted by Crippen LogP contribution is -2.29. The smallest absolute Gasteiger partial charge is 0.323 e. The van der Waals surface area contributed by atoms with Gasteiger partial charge in [-0.3, -0.25) is 14.6 Å². The molecule has 0 aliphatic heterocycles. The molecule has 0 unspecified atom stereocenters. The number of urea groups is 1. The molecule has 0 bridgehead atoms. The minimum absolute atomic E-state index is 0.0310. The fourth-order valence-corrected chi connectivity index (χ4v) is 5.54. The van der Waals surface area contributed by atoms with Crippen LogP contribution in [-0.2, 0) is 6.54 Å². The molecule has 0 saturated heterocycles. The van der Waals surface area contributed by atoms with Gasteiger partial charge in [0.2, 0.25) is 0 Å². The predicted octanol–water partition coefficient (Wildman–Crippen LogP) is 6.55. The molecule has 0 atom stereocenters. The van der Waals surface area contributed by atoms with Crippen molar-refractivity contribution in [2.45, 2.75) is 45.6 Å². The Kier molecular flexibility index (Phi) is 13.9. The van der Waals surface area contributed by atoms with E-state index < -0.39 is 11.6 Å². The highest BCUT2D eigenvalue weighted by Gasteiger charge is 2.15. The summed E-state index contributed by atoms with van der Waals surface area (Å²) in [5.41, 5.74) is 3.35. The maximum absolute atomic E-state index is 13.0. The van der Waals surface area contributed by atoms with Crippen LogP contribution in [0.5, 0.6) is 0 Å². The average molecular weight is 695 g/mol. The number of aromatic nitrogens is 3. The third-order valence-electron chi connectivity index (χ3n) is 7.74. The van der Waals surface area contributed by atoms with Gasteiger partial charge >= 0.3 is 6.03 Å². The van der Waals surface area contributed by atoms with Gasteiger partial charge in [0.25, 0.3) is 11.5 Å². The van der Waals surface area contributed by atoms with Crippen LogP contribution in [-0.4, -0.2) is 70.0 Å². The third-order valence-corrected chi connectivity index (χ3v) is 8.31. The molecule has 11 nitrogen and oxygen atoms in total. The van der Waals surface area contributed by atoms with Crippen molar-refractivity contribution in [3.05, 3.63) is 93.0 Å². The van der Waals surface area contributed by atoms with E-state index >= 15 is 0 Å². The van der Waals surface area contributed by atoms with Gasteiger partial charge in [-0.25, -0.2) is 9.48 Å². The molecular formula is C35H41Cl2N7O4. The number of nitrogens with one attached hydrogen (secondary N) is 3. The summed E-state index contributed by atoms with van der Waals surface area (Å²) < 4.78 is 1.27. The maximum Gasteiger partial charge on any atom is 0.323 e. The molecule has 254 valence electrons. The van der Waals surface area contributed by atoms with Crippen molar-refractivity contribution in [3.63, 3.8) is 0 Å². The van der Waals surface area contributed by atoms with Gasteiger partial charge in [-0.05, 0) is 68.8 Å². The minimum Gasteiger partial charge on any atom is -0.395 e. The van der Waals surface area contributed by atoms with Crippen LogP contribution >= 0.6 is 23.2 Å². The van der Waals surface area contributed by atoms with E-state index in [1.165, 1.54) is 23.1 Å². The third kappa shape index (κ3) is 10.4. The van der Waals surface area contributed by atoms with Gasteiger partial charge in [-0.2, -0.15) is 5.10 Å². The summed E-state index contributed by atoms with van der Waals surface area (Å²) >= 11 is 12.2. The van der Waals surface area contributed by atoms with Crippen molar-refractivity contribution >= 4 is 46.5 Å². The average Bonchev–Trinajstić information content (AvgIpc) is 3.08. The number of aryl methyl sites for hydroxylation is 1. The molecule has 3 amide bonds. The van der Waals surface area contributed by atoms with Crippen molar-refractivity contribution in [1.29, 1.82) is 0 Å². The van der Waals surface area contributed by atoms with E-state index in [9.17, 15) is 14.4 Å². The summed E-state index contributed by atoms with van der Waals surface area (Å²) in [4.78, 5) is 44.5.